The monoisotopic (exact) mass is 286 g/mol. The van der Waals surface area contributed by atoms with E-state index in [0.717, 1.165) is 11.6 Å². The first-order chi connectivity index (χ1) is 10.1. The fraction of sp³-hybridized carbons (Fsp3) is 0.118. The number of hydrogen-bond acceptors (Lipinski definition) is 2. The summed E-state index contributed by atoms with van der Waals surface area (Å²) in [5, 5.41) is 8.93. The molecule has 1 N–H and O–H groups in total. The van der Waals surface area contributed by atoms with Crippen LogP contribution in [0, 0.1) is 5.82 Å². The molecule has 0 radical (unpaired) electrons. The fourth-order valence-corrected chi connectivity index (χ4v) is 1.90. The number of carbonyl (C=O) groups is 1. The minimum Gasteiger partial charge on any atom is -0.488 e. The van der Waals surface area contributed by atoms with E-state index in [-0.39, 0.29) is 17.7 Å². The molecule has 2 aromatic rings. The number of halogens is 1. The number of rotatable bonds is 5. The van der Waals surface area contributed by atoms with Crippen LogP contribution in [0.2, 0.25) is 0 Å². The van der Waals surface area contributed by atoms with Gasteiger partial charge in [-0.1, -0.05) is 30.4 Å². The van der Waals surface area contributed by atoms with Crippen molar-refractivity contribution in [3.8, 4) is 5.75 Å². The molecule has 21 heavy (non-hydrogen) atoms. The van der Waals surface area contributed by atoms with Gasteiger partial charge < -0.3 is 9.84 Å². The predicted octanol–water partition coefficient (Wildman–Crippen LogP) is 4.14. The highest BCUT2D eigenvalue weighted by molar-refractivity contribution is 5.87. The average Bonchev–Trinajstić information content (AvgIpc) is 2.48. The summed E-state index contributed by atoms with van der Waals surface area (Å²) in [6.07, 6.45) is 3.77. The lowest BCUT2D eigenvalue weighted by Gasteiger charge is -2.10. The summed E-state index contributed by atoms with van der Waals surface area (Å²) in [6, 6.07) is 11.0. The van der Waals surface area contributed by atoms with Crippen LogP contribution in [0.15, 0.2) is 48.5 Å². The van der Waals surface area contributed by atoms with Crippen molar-refractivity contribution in [1.29, 1.82) is 0 Å². The maximum absolute atomic E-state index is 13.7. The molecule has 0 spiro atoms. The molecule has 0 fully saturated rings. The Kier molecular flexibility index (Phi) is 4.72. The number of hydrogen-bond donors (Lipinski definition) is 1. The molecule has 0 atom stereocenters. The molecule has 0 heterocycles. The first-order valence-electron chi connectivity index (χ1n) is 6.48. The van der Waals surface area contributed by atoms with Crippen molar-refractivity contribution < 1.29 is 19.0 Å². The summed E-state index contributed by atoms with van der Waals surface area (Å²) < 4.78 is 19.3. The van der Waals surface area contributed by atoms with Gasteiger partial charge >= 0.3 is 5.97 Å². The fourth-order valence-electron chi connectivity index (χ4n) is 1.90. The third-order valence-electron chi connectivity index (χ3n) is 2.94. The van der Waals surface area contributed by atoms with Crippen molar-refractivity contribution in [3.05, 3.63) is 71.0 Å². The molecule has 0 saturated carbocycles. The van der Waals surface area contributed by atoms with E-state index in [4.69, 9.17) is 9.84 Å². The van der Waals surface area contributed by atoms with E-state index in [9.17, 15) is 9.18 Å². The van der Waals surface area contributed by atoms with E-state index in [1.807, 2.05) is 37.3 Å². The van der Waals surface area contributed by atoms with Crippen molar-refractivity contribution in [2.45, 2.75) is 13.5 Å². The zero-order valence-corrected chi connectivity index (χ0v) is 11.5. The molecule has 0 aliphatic rings. The van der Waals surface area contributed by atoms with Crippen LogP contribution in [-0.4, -0.2) is 11.1 Å². The highest BCUT2D eigenvalue weighted by atomic mass is 19.1. The van der Waals surface area contributed by atoms with Crippen molar-refractivity contribution in [2.24, 2.45) is 0 Å². The lowest BCUT2D eigenvalue weighted by molar-refractivity contribution is 0.0696. The Hall–Kier alpha value is -2.62. The summed E-state index contributed by atoms with van der Waals surface area (Å²) in [5.74, 6) is -0.954. The van der Waals surface area contributed by atoms with E-state index >= 15 is 0 Å². The largest absolute Gasteiger partial charge is 0.488 e. The Labute approximate surface area is 122 Å². The molecule has 0 unspecified atom stereocenters. The van der Waals surface area contributed by atoms with Crippen LogP contribution in [0.5, 0.6) is 5.75 Å². The van der Waals surface area contributed by atoms with Gasteiger partial charge in [0, 0.05) is 11.1 Å². The quantitative estimate of drug-likeness (QED) is 0.898. The SMILES string of the molecule is CC=Cc1ccccc1OCc1cc(C(=O)O)ccc1F. The average molecular weight is 286 g/mol. The molecule has 0 aliphatic carbocycles. The van der Waals surface area contributed by atoms with Gasteiger partial charge in [-0.25, -0.2) is 9.18 Å². The molecule has 0 bridgehead atoms. The highest BCUT2D eigenvalue weighted by Gasteiger charge is 2.09. The van der Waals surface area contributed by atoms with Gasteiger partial charge in [-0.05, 0) is 31.2 Å². The topological polar surface area (TPSA) is 46.5 Å². The summed E-state index contributed by atoms with van der Waals surface area (Å²) >= 11 is 0. The summed E-state index contributed by atoms with van der Waals surface area (Å²) in [4.78, 5) is 10.9. The Morgan fingerprint density at radius 2 is 2.05 bits per heavy atom. The molecular weight excluding hydrogens is 271 g/mol. The number of carboxylic acids is 1. The van der Waals surface area contributed by atoms with E-state index in [1.54, 1.807) is 6.07 Å². The molecule has 3 nitrogen and oxygen atoms in total. The lowest BCUT2D eigenvalue weighted by Crippen LogP contribution is -2.03. The molecule has 0 saturated heterocycles. The Morgan fingerprint density at radius 1 is 1.29 bits per heavy atom. The van der Waals surface area contributed by atoms with E-state index in [0.29, 0.717) is 5.75 Å². The van der Waals surface area contributed by atoms with Gasteiger partial charge in [0.15, 0.2) is 0 Å². The third kappa shape index (κ3) is 3.69. The number of ether oxygens (including phenoxy) is 1. The van der Waals surface area contributed by atoms with Gasteiger partial charge in [0.2, 0.25) is 0 Å². The van der Waals surface area contributed by atoms with Crippen molar-refractivity contribution in [1.82, 2.24) is 0 Å². The molecule has 2 aromatic carbocycles. The summed E-state index contributed by atoms with van der Waals surface area (Å²) in [5.41, 5.74) is 1.14. The van der Waals surface area contributed by atoms with Crippen molar-refractivity contribution in [2.75, 3.05) is 0 Å². The zero-order valence-electron chi connectivity index (χ0n) is 11.5. The summed E-state index contributed by atoms with van der Waals surface area (Å²) in [6.45, 7) is 1.87. The maximum atomic E-state index is 13.7. The van der Waals surface area contributed by atoms with E-state index in [2.05, 4.69) is 0 Å². The minimum atomic E-state index is -1.09. The van der Waals surface area contributed by atoms with Gasteiger partial charge in [-0.3, -0.25) is 0 Å². The number of allylic oxidation sites excluding steroid dienone is 1. The van der Waals surface area contributed by atoms with E-state index in [1.165, 1.54) is 12.1 Å². The molecule has 2 rings (SSSR count). The summed E-state index contributed by atoms with van der Waals surface area (Å²) in [7, 11) is 0. The van der Waals surface area contributed by atoms with Crippen LogP contribution in [0.1, 0.15) is 28.4 Å². The zero-order chi connectivity index (χ0) is 15.2. The van der Waals surface area contributed by atoms with Crippen LogP contribution in [0.4, 0.5) is 4.39 Å². The van der Waals surface area contributed by atoms with Crippen molar-refractivity contribution in [3.63, 3.8) is 0 Å². The van der Waals surface area contributed by atoms with E-state index < -0.39 is 11.8 Å². The van der Waals surface area contributed by atoms with Gasteiger partial charge in [0.25, 0.3) is 0 Å². The first-order valence-corrected chi connectivity index (χ1v) is 6.48. The molecular formula is C17H15FO3. The second kappa shape index (κ2) is 6.70. The minimum absolute atomic E-state index is 0.0263. The lowest BCUT2D eigenvalue weighted by atomic mass is 10.1. The normalized spacial score (nSPS) is 10.8. The maximum Gasteiger partial charge on any atom is 0.335 e. The van der Waals surface area contributed by atoms with Crippen LogP contribution in [-0.2, 0) is 6.61 Å². The number of benzene rings is 2. The second-order valence-electron chi connectivity index (χ2n) is 4.44. The van der Waals surface area contributed by atoms with Gasteiger partial charge in [-0.15, -0.1) is 0 Å². The number of aromatic carboxylic acids is 1. The van der Waals surface area contributed by atoms with Gasteiger partial charge in [-0.2, -0.15) is 0 Å². The van der Waals surface area contributed by atoms with Crippen LogP contribution >= 0.6 is 0 Å². The van der Waals surface area contributed by atoms with Crippen LogP contribution < -0.4 is 4.74 Å². The van der Waals surface area contributed by atoms with Crippen LogP contribution in [0.25, 0.3) is 6.08 Å². The van der Waals surface area contributed by atoms with Crippen LogP contribution in [0.3, 0.4) is 0 Å². The molecule has 0 aliphatic heterocycles. The molecule has 4 heteroatoms. The predicted molar refractivity (Wildman–Crippen MR) is 78.8 cm³/mol. The second-order valence-corrected chi connectivity index (χ2v) is 4.44. The molecule has 0 amide bonds. The smallest absolute Gasteiger partial charge is 0.335 e. The van der Waals surface area contributed by atoms with Gasteiger partial charge in [0.1, 0.15) is 18.2 Å². The molecule has 108 valence electrons. The van der Waals surface area contributed by atoms with Gasteiger partial charge in [0.05, 0.1) is 5.56 Å². The Balaban J connectivity index is 2.20. The standard InChI is InChI=1S/C17H15FO3/c1-2-5-12-6-3-4-7-16(12)21-11-14-10-13(17(19)20)8-9-15(14)18/h2-10H,11H2,1H3,(H,19,20). The number of para-hydroxylation sites is 1. The highest BCUT2D eigenvalue weighted by Crippen LogP contribution is 2.21. The molecule has 0 aromatic heterocycles. The first kappa shape index (κ1) is 14.8. The third-order valence-corrected chi connectivity index (χ3v) is 2.94. The number of carboxylic acid groups (broad SMARTS) is 1. The van der Waals surface area contributed by atoms with Crippen molar-refractivity contribution >= 4 is 12.0 Å². The Morgan fingerprint density at radius 3 is 2.76 bits per heavy atom. The Bertz CT molecular complexity index is 677.